The average molecular weight is 687 g/mol. The van der Waals surface area contributed by atoms with Crippen molar-refractivity contribution in [2.24, 2.45) is 0 Å². The standard InChI is InChI=1S/C50H30N4/c1-2-14-34-29-35(22-21-31(34)11-1)49-40-18-7-9-19-42(40)51-50(52-49)54-43-20-10-8-17-39(43)41-30-36(25-28-44(41)54)53-45-26-23-32-12-3-5-15-37(32)47(45)48-38-16-6-4-13-33(38)24-27-46(48)53/h1-30H. The molecule has 0 aliphatic carbocycles. The minimum Gasteiger partial charge on any atom is -0.309 e. The van der Waals surface area contributed by atoms with Crippen molar-refractivity contribution in [1.29, 1.82) is 0 Å². The van der Waals surface area contributed by atoms with Crippen molar-refractivity contribution in [1.82, 2.24) is 19.1 Å². The maximum absolute atomic E-state index is 5.38. The van der Waals surface area contributed by atoms with E-state index in [2.05, 4.69) is 191 Å². The molecule has 0 N–H and O–H groups in total. The molecule has 3 aromatic heterocycles. The maximum Gasteiger partial charge on any atom is 0.235 e. The molecule has 0 fully saturated rings. The van der Waals surface area contributed by atoms with E-state index in [4.69, 9.17) is 9.97 Å². The molecule has 0 radical (unpaired) electrons. The van der Waals surface area contributed by atoms with Crippen LogP contribution in [-0.4, -0.2) is 19.1 Å². The van der Waals surface area contributed by atoms with Crippen LogP contribution in [0.2, 0.25) is 0 Å². The molecule has 12 aromatic rings. The lowest BCUT2D eigenvalue weighted by Gasteiger charge is -2.13. The van der Waals surface area contributed by atoms with Crippen molar-refractivity contribution in [3.05, 3.63) is 182 Å². The van der Waals surface area contributed by atoms with Crippen molar-refractivity contribution in [2.45, 2.75) is 0 Å². The highest BCUT2D eigenvalue weighted by Gasteiger charge is 2.21. The van der Waals surface area contributed by atoms with E-state index in [9.17, 15) is 0 Å². The number of benzene rings is 9. The van der Waals surface area contributed by atoms with Gasteiger partial charge in [0.1, 0.15) is 0 Å². The van der Waals surface area contributed by atoms with Crippen LogP contribution >= 0.6 is 0 Å². The Labute approximate surface area is 309 Å². The third kappa shape index (κ3) is 4.13. The van der Waals surface area contributed by atoms with Gasteiger partial charge in [0.15, 0.2) is 0 Å². The zero-order valence-corrected chi connectivity index (χ0v) is 29.1. The maximum atomic E-state index is 5.38. The van der Waals surface area contributed by atoms with Crippen LogP contribution in [-0.2, 0) is 0 Å². The SMILES string of the molecule is c1ccc2cc(-c3nc(-n4c5ccccc5c5cc(-n6c7ccc8ccccc8c7c7c8ccccc8ccc76)ccc54)nc4ccccc34)ccc2c1. The molecule has 0 atom stereocenters. The third-order valence-corrected chi connectivity index (χ3v) is 11.3. The van der Waals surface area contributed by atoms with Crippen LogP contribution in [0.25, 0.3) is 110 Å². The quantitative estimate of drug-likeness (QED) is 0.185. The van der Waals surface area contributed by atoms with Gasteiger partial charge in [-0.15, -0.1) is 0 Å². The van der Waals surface area contributed by atoms with Crippen LogP contribution in [0.3, 0.4) is 0 Å². The molecule has 0 unspecified atom stereocenters. The van der Waals surface area contributed by atoms with Crippen molar-refractivity contribution >= 4 is 86.8 Å². The molecule has 0 spiro atoms. The Bertz CT molecular complexity index is 3420. The summed E-state index contributed by atoms with van der Waals surface area (Å²) in [6, 6.07) is 65.5. The molecule has 0 saturated heterocycles. The van der Waals surface area contributed by atoms with Crippen LogP contribution in [0.15, 0.2) is 182 Å². The summed E-state index contributed by atoms with van der Waals surface area (Å²) in [5, 5.41) is 13.3. The lowest BCUT2D eigenvalue weighted by Crippen LogP contribution is -2.03. The number of fused-ring (bicyclic) bond motifs is 12. The average Bonchev–Trinajstić information content (AvgIpc) is 3.76. The van der Waals surface area contributed by atoms with Gasteiger partial charge < -0.3 is 4.57 Å². The van der Waals surface area contributed by atoms with Gasteiger partial charge in [-0.2, -0.15) is 0 Å². The van der Waals surface area contributed by atoms with E-state index in [1.807, 2.05) is 0 Å². The summed E-state index contributed by atoms with van der Waals surface area (Å²) in [5.74, 6) is 0.658. The summed E-state index contributed by atoms with van der Waals surface area (Å²) in [6.45, 7) is 0. The number of nitrogens with zero attached hydrogens (tertiary/aromatic N) is 4. The second-order valence-electron chi connectivity index (χ2n) is 14.2. The van der Waals surface area contributed by atoms with Crippen LogP contribution in [0.1, 0.15) is 0 Å². The number of para-hydroxylation sites is 2. The fraction of sp³-hybridized carbons (Fsp3) is 0. The van der Waals surface area contributed by atoms with E-state index in [1.165, 1.54) is 54.1 Å². The molecule has 0 bridgehead atoms. The number of hydrogen-bond donors (Lipinski definition) is 0. The Morgan fingerprint density at radius 3 is 1.63 bits per heavy atom. The van der Waals surface area contributed by atoms with Gasteiger partial charge in [-0.3, -0.25) is 4.57 Å². The number of hydrogen-bond acceptors (Lipinski definition) is 2. The topological polar surface area (TPSA) is 35.6 Å². The van der Waals surface area contributed by atoms with Gasteiger partial charge in [-0.05, 0) is 80.8 Å². The Hall–Kier alpha value is -7.30. The van der Waals surface area contributed by atoms with Gasteiger partial charge in [0.05, 0.1) is 33.3 Å². The Morgan fingerprint density at radius 2 is 0.889 bits per heavy atom. The van der Waals surface area contributed by atoms with Crippen molar-refractivity contribution in [2.75, 3.05) is 0 Å². The van der Waals surface area contributed by atoms with Crippen LogP contribution in [0.4, 0.5) is 0 Å². The predicted octanol–water partition coefficient (Wildman–Crippen LogP) is 13.0. The second-order valence-corrected chi connectivity index (χ2v) is 14.2. The molecule has 4 heteroatoms. The largest absolute Gasteiger partial charge is 0.309 e. The van der Waals surface area contributed by atoms with E-state index < -0.39 is 0 Å². The summed E-state index contributed by atoms with van der Waals surface area (Å²) in [5.41, 5.74) is 8.56. The van der Waals surface area contributed by atoms with Gasteiger partial charge in [0.25, 0.3) is 0 Å². The first kappa shape index (κ1) is 29.3. The van der Waals surface area contributed by atoms with Gasteiger partial charge in [-0.1, -0.05) is 133 Å². The highest BCUT2D eigenvalue weighted by atomic mass is 15.2. The lowest BCUT2D eigenvalue weighted by molar-refractivity contribution is 1.01. The normalized spacial score (nSPS) is 12.1. The van der Waals surface area contributed by atoms with Crippen LogP contribution in [0.5, 0.6) is 0 Å². The minimum absolute atomic E-state index is 0.658. The van der Waals surface area contributed by atoms with Crippen LogP contribution < -0.4 is 0 Å². The van der Waals surface area contributed by atoms with E-state index >= 15 is 0 Å². The molecule has 12 rings (SSSR count). The zero-order valence-electron chi connectivity index (χ0n) is 29.1. The Morgan fingerprint density at radius 1 is 0.333 bits per heavy atom. The molecule has 9 aromatic carbocycles. The first-order valence-corrected chi connectivity index (χ1v) is 18.4. The molecule has 0 amide bonds. The second kappa shape index (κ2) is 11.1. The molecule has 54 heavy (non-hydrogen) atoms. The molecule has 0 aliphatic rings. The van der Waals surface area contributed by atoms with E-state index in [0.717, 1.165) is 49.7 Å². The third-order valence-electron chi connectivity index (χ3n) is 11.3. The Kier molecular flexibility index (Phi) is 6.02. The highest BCUT2D eigenvalue weighted by Crippen LogP contribution is 2.42. The van der Waals surface area contributed by atoms with E-state index in [1.54, 1.807) is 0 Å². The lowest BCUT2D eigenvalue weighted by atomic mass is 10.00. The molecular weight excluding hydrogens is 657 g/mol. The van der Waals surface area contributed by atoms with Crippen LogP contribution in [0, 0.1) is 0 Å². The fourth-order valence-corrected chi connectivity index (χ4v) is 8.86. The monoisotopic (exact) mass is 686 g/mol. The van der Waals surface area contributed by atoms with E-state index in [-0.39, 0.29) is 0 Å². The number of rotatable bonds is 3. The molecule has 3 heterocycles. The Balaban J connectivity index is 1.13. The van der Waals surface area contributed by atoms with E-state index in [0.29, 0.717) is 5.95 Å². The van der Waals surface area contributed by atoms with Gasteiger partial charge in [0, 0.05) is 38.2 Å². The first-order chi connectivity index (χ1) is 26.8. The summed E-state index contributed by atoms with van der Waals surface area (Å²) in [6.07, 6.45) is 0. The molecule has 250 valence electrons. The van der Waals surface area contributed by atoms with Crippen molar-refractivity contribution in [3.8, 4) is 22.9 Å². The highest BCUT2D eigenvalue weighted by molar-refractivity contribution is 6.28. The van der Waals surface area contributed by atoms with Gasteiger partial charge in [0.2, 0.25) is 5.95 Å². The van der Waals surface area contributed by atoms with Gasteiger partial charge in [-0.25, -0.2) is 9.97 Å². The summed E-state index contributed by atoms with van der Waals surface area (Å²) >= 11 is 0. The first-order valence-electron chi connectivity index (χ1n) is 18.4. The molecular formula is C50H30N4. The smallest absolute Gasteiger partial charge is 0.235 e. The molecule has 0 saturated carbocycles. The van der Waals surface area contributed by atoms with Gasteiger partial charge >= 0.3 is 0 Å². The summed E-state index contributed by atoms with van der Waals surface area (Å²) in [4.78, 5) is 10.6. The van der Waals surface area contributed by atoms with Crippen molar-refractivity contribution in [3.63, 3.8) is 0 Å². The zero-order chi connectivity index (χ0) is 35.3. The summed E-state index contributed by atoms with van der Waals surface area (Å²) < 4.78 is 4.68. The summed E-state index contributed by atoms with van der Waals surface area (Å²) in [7, 11) is 0. The predicted molar refractivity (Wildman–Crippen MR) is 226 cm³/mol. The fourth-order valence-electron chi connectivity index (χ4n) is 8.86. The minimum atomic E-state index is 0.658. The number of aromatic nitrogens is 4. The molecule has 0 aliphatic heterocycles. The van der Waals surface area contributed by atoms with Crippen molar-refractivity contribution < 1.29 is 0 Å². The molecule has 4 nitrogen and oxygen atoms in total.